The van der Waals surface area contributed by atoms with E-state index in [1.807, 2.05) is 59.4 Å². The summed E-state index contributed by atoms with van der Waals surface area (Å²) in [6, 6.07) is -0.0278. The third-order valence-corrected chi connectivity index (χ3v) is 6.39. The third kappa shape index (κ3) is 37.9. The second-order valence-corrected chi connectivity index (χ2v) is 11.0. The number of likely N-dealkylation sites (tertiary alicyclic amines) is 1. The number of morpholine rings is 1. The van der Waals surface area contributed by atoms with Crippen molar-refractivity contribution in [1.82, 2.24) is 49.6 Å². The number of nitrogens with zero attached hydrogens (tertiary/aromatic N) is 8. The first-order valence-corrected chi connectivity index (χ1v) is 17.6. The Bertz CT molecular complexity index is 719. The fraction of sp³-hybridized carbons (Fsp3) is 0.853. The minimum Gasteiger partial charge on any atom is -0.379 e. The van der Waals surface area contributed by atoms with Crippen LogP contribution in [-0.2, 0) is 11.8 Å². The lowest BCUT2D eigenvalue weighted by Crippen LogP contribution is -2.42. The Morgan fingerprint density at radius 2 is 1.02 bits per heavy atom. The second kappa shape index (κ2) is 38.0. The number of piperazine rings is 1. The van der Waals surface area contributed by atoms with Gasteiger partial charge in [0.05, 0.1) is 19.5 Å². The monoisotopic (exact) mass is 675 g/mol. The highest BCUT2D eigenvalue weighted by Gasteiger charge is 2.08. The van der Waals surface area contributed by atoms with Crippen LogP contribution in [0.5, 0.6) is 0 Å². The van der Waals surface area contributed by atoms with Crippen molar-refractivity contribution in [3.05, 3.63) is 18.7 Å². The van der Waals surface area contributed by atoms with E-state index in [1.165, 1.54) is 61.9 Å². The van der Waals surface area contributed by atoms with Crippen LogP contribution in [0, 0.1) is 0 Å². The number of carbonyl (C=O) groups is 2. The molecule has 282 valence electrons. The van der Waals surface area contributed by atoms with Crippen LogP contribution in [0.4, 0.5) is 9.59 Å². The van der Waals surface area contributed by atoms with Gasteiger partial charge in [0, 0.05) is 100.0 Å². The van der Waals surface area contributed by atoms with Crippen LogP contribution in [0.2, 0.25) is 0 Å². The van der Waals surface area contributed by atoms with E-state index in [1.54, 1.807) is 40.7 Å². The summed E-state index contributed by atoms with van der Waals surface area (Å²) in [6.45, 7) is 25.1. The molecule has 0 spiro atoms. The van der Waals surface area contributed by atoms with Crippen LogP contribution in [0.1, 0.15) is 54.4 Å². The molecule has 4 fully saturated rings. The van der Waals surface area contributed by atoms with Crippen LogP contribution in [0.25, 0.3) is 0 Å². The van der Waals surface area contributed by atoms with E-state index in [4.69, 9.17) is 4.74 Å². The Hall–Kier alpha value is -2.45. The summed E-state index contributed by atoms with van der Waals surface area (Å²) in [5.41, 5.74) is 0. The highest BCUT2D eigenvalue weighted by atomic mass is 16.5. The molecule has 13 nitrogen and oxygen atoms in total. The molecule has 1 aromatic heterocycles. The Morgan fingerprint density at radius 1 is 0.660 bits per heavy atom. The molecule has 0 atom stereocenters. The highest BCUT2D eigenvalue weighted by Crippen LogP contribution is 2.02. The lowest BCUT2D eigenvalue weighted by molar-refractivity contribution is 0.0503. The second-order valence-electron chi connectivity index (χ2n) is 11.0. The Kier molecular flexibility index (Phi) is 41.5. The number of rotatable bonds is 0. The van der Waals surface area contributed by atoms with Crippen molar-refractivity contribution >= 4 is 12.1 Å². The number of aryl methyl sites for hydroxylation is 1. The van der Waals surface area contributed by atoms with E-state index in [0.717, 1.165) is 39.4 Å². The van der Waals surface area contributed by atoms with Crippen molar-refractivity contribution in [3.8, 4) is 0 Å². The third-order valence-electron chi connectivity index (χ3n) is 6.39. The lowest BCUT2D eigenvalue weighted by Gasteiger charge is -2.28. The largest absolute Gasteiger partial charge is 0.379 e. The van der Waals surface area contributed by atoms with Crippen molar-refractivity contribution in [1.29, 1.82) is 0 Å². The van der Waals surface area contributed by atoms with Crippen molar-refractivity contribution in [2.24, 2.45) is 7.05 Å². The fourth-order valence-corrected chi connectivity index (χ4v) is 3.58. The normalized spacial score (nSPS) is 17.0. The number of urea groups is 2. The van der Waals surface area contributed by atoms with Crippen LogP contribution in [0.3, 0.4) is 0 Å². The molecule has 0 bridgehead atoms. The number of ether oxygens (including phenoxy) is 1. The zero-order valence-corrected chi connectivity index (χ0v) is 33.4. The van der Waals surface area contributed by atoms with Gasteiger partial charge in [0.2, 0.25) is 0 Å². The van der Waals surface area contributed by atoms with E-state index < -0.39 is 0 Å². The predicted octanol–water partition coefficient (Wildman–Crippen LogP) is 3.55. The smallest absolute Gasteiger partial charge is 0.318 e. The van der Waals surface area contributed by atoms with E-state index >= 15 is 0 Å². The van der Waals surface area contributed by atoms with Gasteiger partial charge in [-0.05, 0) is 54.1 Å². The summed E-state index contributed by atoms with van der Waals surface area (Å²) >= 11 is 0. The molecule has 2 N–H and O–H groups in total. The first kappa shape index (κ1) is 51.4. The van der Waals surface area contributed by atoms with Gasteiger partial charge in [-0.1, -0.05) is 41.5 Å². The zero-order chi connectivity index (χ0) is 37.0. The number of hydrogen-bond acceptors (Lipinski definition) is 8. The number of hydrogen-bond donors (Lipinski definition) is 2. The molecule has 13 heteroatoms. The molecule has 5 rings (SSSR count). The van der Waals surface area contributed by atoms with Gasteiger partial charge in [0.25, 0.3) is 0 Å². The highest BCUT2D eigenvalue weighted by molar-refractivity contribution is 5.75. The number of nitrogens with one attached hydrogen (secondary N) is 2. The van der Waals surface area contributed by atoms with E-state index in [-0.39, 0.29) is 12.1 Å². The Labute approximate surface area is 291 Å². The van der Waals surface area contributed by atoms with Gasteiger partial charge in [-0.15, -0.1) is 0 Å². The first-order chi connectivity index (χ1) is 22.4. The van der Waals surface area contributed by atoms with E-state index in [0.29, 0.717) is 0 Å². The van der Waals surface area contributed by atoms with Gasteiger partial charge in [0.1, 0.15) is 0 Å². The summed E-state index contributed by atoms with van der Waals surface area (Å²) in [6.07, 6.45) is 8.22. The molecule has 4 aliphatic rings. The summed E-state index contributed by atoms with van der Waals surface area (Å²) < 4.78 is 6.99. The predicted molar refractivity (Wildman–Crippen MR) is 201 cm³/mol. The van der Waals surface area contributed by atoms with Crippen molar-refractivity contribution < 1.29 is 14.3 Å². The Balaban J connectivity index is -0.000000229. The van der Waals surface area contributed by atoms with Gasteiger partial charge in [0.15, 0.2) is 0 Å². The Morgan fingerprint density at radius 3 is 1.17 bits per heavy atom. The van der Waals surface area contributed by atoms with Gasteiger partial charge >= 0.3 is 12.1 Å². The van der Waals surface area contributed by atoms with Gasteiger partial charge < -0.3 is 49.3 Å². The molecule has 47 heavy (non-hydrogen) atoms. The summed E-state index contributed by atoms with van der Waals surface area (Å²) in [5.74, 6) is 0. The molecular formula is C34H78N10O3. The summed E-state index contributed by atoms with van der Waals surface area (Å²) in [7, 11) is 17.5. The maximum absolute atomic E-state index is 10.7. The summed E-state index contributed by atoms with van der Waals surface area (Å²) in [4.78, 5) is 36.9. The number of amides is 4. The minimum absolute atomic E-state index is 0.0185. The molecule has 5 heterocycles. The van der Waals surface area contributed by atoms with Crippen LogP contribution in [-0.4, -0.2) is 186 Å². The molecule has 4 saturated heterocycles. The molecule has 0 radical (unpaired) electrons. The molecule has 0 saturated carbocycles. The zero-order valence-electron chi connectivity index (χ0n) is 33.4. The lowest BCUT2D eigenvalue weighted by atomic mass is 10.4. The maximum atomic E-state index is 10.7. The SMILES string of the molecule is CC.CC.CC.CN(C)C(=O)N(C)C.CN1CCCC1.CN1CCN(C)CC1.CN1CCOCC1.Cn1ccnc1.O=C1NCCN1. The van der Waals surface area contributed by atoms with E-state index in [9.17, 15) is 9.59 Å². The van der Waals surface area contributed by atoms with Gasteiger partial charge in [-0.25, -0.2) is 14.6 Å². The molecule has 0 aromatic carbocycles. The molecule has 1 aromatic rings. The summed E-state index contributed by atoms with van der Waals surface area (Å²) in [5, 5.41) is 5.14. The number of imidazole rings is 1. The minimum atomic E-state index is -0.0463. The molecule has 4 aliphatic heterocycles. The van der Waals surface area contributed by atoms with Crippen LogP contribution >= 0.6 is 0 Å². The molecular weight excluding hydrogens is 596 g/mol. The fourth-order valence-electron chi connectivity index (χ4n) is 3.58. The molecule has 0 aliphatic carbocycles. The average molecular weight is 675 g/mol. The standard InChI is InChI=1S/C6H14N2.C5H12N2O.C5H11NO.C5H11N.C4H6N2.C3H6N2O.3C2H6/c1-7-3-5-8(2)6-4-7;1-6(2)5(8)7(3)4;1-6-2-4-7-5-3-6;1-6-4-2-3-5-6;1-6-3-2-5-4-6;6-3-4-1-2-5-3;3*1-2/h3-6H2,1-2H3;1-4H3;2-5H2,1H3;2-5H2,1H3;2-4H,1H3;1-2H2,(H2,4,5,6);3*1-2H3. The topological polar surface area (TPSA) is 105 Å². The van der Waals surface area contributed by atoms with Crippen LogP contribution in [0.15, 0.2) is 18.7 Å². The number of likely N-dealkylation sites (N-methyl/N-ethyl adjacent to an activating group) is 3. The number of aromatic nitrogens is 2. The van der Waals surface area contributed by atoms with Crippen molar-refractivity contribution in [2.75, 3.05) is 135 Å². The molecule has 0 unspecified atom stereocenters. The van der Waals surface area contributed by atoms with Crippen LogP contribution < -0.4 is 10.6 Å². The first-order valence-electron chi connectivity index (χ1n) is 17.6. The van der Waals surface area contributed by atoms with Gasteiger partial charge in [-0.2, -0.15) is 0 Å². The average Bonchev–Trinajstić information content (AvgIpc) is 3.89. The van der Waals surface area contributed by atoms with Crippen molar-refractivity contribution in [2.45, 2.75) is 54.4 Å². The van der Waals surface area contributed by atoms with E-state index in [2.05, 4.69) is 63.4 Å². The quantitative estimate of drug-likeness (QED) is 0.431. The maximum Gasteiger partial charge on any atom is 0.318 e. The molecule has 4 amide bonds. The number of carbonyl (C=O) groups excluding carboxylic acids is 2. The van der Waals surface area contributed by atoms with Gasteiger partial charge in [-0.3, -0.25) is 0 Å². The van der Waals surface area contributed by atoms with Crippen molar-refractivity contribution in [3.63, 3.8) is 0 Å².